The Morgan fingerprint density at radius 1 is 1.13 bits per heavy atom. The van der Waals surface area contributed by atoms with Gasteiger partial charge in [0.05, 0.1) is 24.7 Å². The van der Waals surface area contributed by atoms with Crippen LogP contribution in [0.25, 0.3) is 0 Å². The molecule has 0 fully saturated rings. The predicted molar refractivity (Wildman–Crippen MR) is 88.6 cm³/mol. The lowest BCUT2D eigenvalue weighted by molar-refractivity contribution is 0.0943. The van der Waals surface area contributed by atoms with E-state index in [0.717, 1.165) is 16.9 Å². The second kappa shape index (κ2) is 6.79. The zero-order valence-corrected chi connectivity index (χ0v) is 12.7. The molecule has 116 valence electrons. The summed E-state index contributed by atoms with van der Waals surface area (Å²) in [5, 5.41) is 6.05. The summed E-state index contributed by atoms with van der Waals surface area (Å²) < 4.78 is 5.17. The van der Waals surface area contributed by atoms with Crippen LogP contribution in [-0.4, -0.2) is 10.9 Å². The summed E-state index contributed by atoms with van der Waals surface area (Å²) in [6.45, 7) is 2.38. The van der Waals surface area contributed by atoms with Crippen molar-refractivity contribution in [1.29, 1.82) is 0 Å². The minimum Gasteiger partial charge on any atom is -0.467 e. The van der Waals surface area contributed by atoms with Gasteiger partial charge in [0.2, 0.25) is 0 Å². The molecular weight excluding hydrogens is 290 g/mol. The molecule has 5 heteroatoms. The molecule has 0 aliphatic carbocycles. The van der Waals surface area contributed by atoms with Gasteiger partial charge in [-0.05, 0) is 42.8 Å². The molecule has 3 rings (SSSR count). The summed E-state index contributed by atoms with van der Waals surface area (Å²) in [5.74, 6) is 0.472. The number of nitrogens with zero attached hydrogens (tertiary/aromatic N) is 1. The van der Waals surface area contributed by atoms with Crippen LogP contribution in [-0.2, 0) is 6.54 Å². The number of amides is 1. The van der Waals surface area contributed by atoms with E-state index in [-0.39, 0.29) is 5.91 Å². The summed E-state index contributed by atoms with van der Waals surface area (Å²) in [6.07, 6.45) is 3.22. The van der Waals surface area contributed by atoms with Crippen LogP contribution in [0.15, 0.2) is 65.4 Å². The maximum Gasteiger partial charge on any atom is 0.270 e. The van der Waals surface area contributed by atoms with E-state index in [4.69, 9.17) is 4.42 Å². The Morgan fingerprint density at radius 3 is 2.70 bits per heavy atom. The van der Waals surface area contributed by atoms with Crippen LogP contribution in [0.2, 0.25) is 0 Å². The minimum absolute atomic E-state index is 0.233. The van der Waals surface area contributed by atoms with Crippen LogP contribution in [0, 0.1) is 6.92 Å². The Labute approximate surface area is 134 Å². The monoisotopic (exact) mass is 307 g/mol. The second-order valence-electron chi connectivity index (χ2n) is 5.13. The molecule has 0 bridgehead atoms. The van der Waals surface area contributed by atoms with Crippen molar-refractivity contribution < 1.29 is 9.21 Å². The molecule has 0 radical (unpaired) electrons. The average molecular weight is 307 g/mol. The molecule has 0 spiro atoms. The maximum atomic E-state index is 12.0. The molecule has 0 unspecified atom stereocenters. The van der Waals surface area contributed by atoms with E-state index in [9.17, 15) is 4.79 Å². The Balaban J connectivity index is 1.62. The first-order chi connectivity index (χ1) is 11.2. The number of rotatable bonds is 5. The number of aromatic nitrogens is 1. The van der Waals surface area contributed by atoms with Crippen LogP contribution in [0.4, 0.5) is 11.4 Å². The third kappa shape index (κ3) is 3.77. The molecule has 1 amide bonds. The minimum atomic E-state index is -0.233. The second-order valence-corrected chi connectivity index (χ2v) is 5.13. The quantitative estimate of drug-likeness (QED) is 0.755. The number of benzene rings is 1. The number of carbonyl (C=O) groups excluding carboxylic acids is 1. The molecule has 2 heterocycles. The van der Waals surface area contributed by atoms with Crippen LogP contribution >= 0.6 is 0 Å². The Morgan fingerprint density at radius 2 is 2.00 bits per heavy atom. The predicted octanol–water partition coefficient (Wildman–Crippen LogP) is 3.66. The lowest BCUT2D eigenvalue weighted by Gasteiger charge is -2.09. The number of pyridine rings is 1. The Bertz CT molecular complexity index is 780. The van der Waals surface area contributed by atoms with Crippen LogP contribution in [0.5, 0.6) is 0 Å². The highest BCUT2D eigenvalue weighted by atomic mass is 16.3. The molecule has 3 aromatic rings. The molecule has 5 nitrogen and oxygen atoms in total. The van der Waals surface area contributed by atoms with Crippen molar-refractivity contribution in [3.8, 4) is 0 Å². The fourth-order valence-electron chi connectivity index (χ4n) is 2.14. The van der Waals surface area contributed by atoms with Gasteiger partial charge in [-0.2, -0.15) is 0 Å². The van der Waals surface area contributed by atoms with E-state index in [1.165, 1.54) is 0 Å². The van der Waals surface area contributed by atoms with E-state index >= 15 is 0 Å². The number of nitrogens with one attached hydrogen (secondary N) is 2. The summed E-state index contributed by atoms with van der Waals surface area (Å²) in [5.41, 5.74) is 3.37. The van der Waals surface area contributed by atoms with E-state index in [0.29, 0.717) is 18.0 Å². The molecule has 0 saturated heterocycles. The van der Waals surface area contributed by atoms with E-state index in [2.05, 4.69) is 15.6 Å². The first kappa shape index (κ1) is 14.8. The summed E-state index contributed by atoms with van der Waals surface area (Å²) >= 11 is 0. The number of hydrogen-bond donors (Lipinski definition) is 2. The van der Waals surface area contributed by atoms with Crippen molar-refractivity contribution in [2.45, 2.75) is 13.5 Å². The highest BCUT2D eigenvalue weighted by Crippen LogP contribution is 2.19. The SMILES string of the molecule is Cc1ccccc1Nc1ccc(C(=O)NCc2ccco2)nc1. The largest absolute Gasteiger partial charge is 0.467 e. The smallest absolute Gasteiger partial charge is 0.270 e. The van der Waals surface area contributed by atoms with Crippen LogP contribution < -0.4 is 10.6 Å². The van der Waals surface area contributed by atoms with Gasteiger partial charge < -0.3 is 15.1 Å². The number of para-hydroxylation sites is 1. The standard InChI is InChI=1S/C18H17N3O2/c1-13-5-2-3-7-16(13)21-14-8-9-17(19-11-14)18(22)20-12-15-6-4-10-23-15/h2-11,21H,12H2,1H3,(H,20,22). The van der Waals surface area contributed by atoms with Crippen molar-refractivity contribution in [3.63, 3.8) is 0 Å². The topological polar surface area (TPSA) is 67.2 Å². The number of furan rings is 1. The Kier molecular flexibility index (Phi) is 4.38. The van der Waals surface area contributed by atoms with Crippen molar-refractivity contribution in [1.82, 2.24) is 10.3 Å². The fourth-order valence-corrected chi connectivity index (χ4v) is 2.14. The molecule has 0 atom stereocenters. The highest BCUT2D eigenvalue weighted by Gasteiger charge is 2.08. The Hall–Kier alpha value is -3.08. The fraction of sp³-hybridized carbons (Fsp3) is 0.111. The van der Waals surface area contributed by atoms with Gasteiger partial charge in [-0.1, -0.05) is 18.2 Å². The van der Waals surface area contributed by atoms with Crippen LogP contribution in [0.3, 0.4) is 0 Å². The molecule has 0 saturated carbocycles. The highest BCUT2D eigenvalue weighted by molar-refractivity contribution is 5.92. The zero-order valence-electron chi connectivity index (χ0n) is 12.7. The van der Waals surface area contributed by atoms with Gasteiger partial charge >= 0.3 is 0 Å². The number of carbonyl (C=O) groups is 1. The first-order valence-corrected chi connectivity index (χ1v) is 7.31. The van der Waals surface area contributed by atoms with Crippen molar-refractivity contribution in [2.75, 3.05) is 5.32 Å². The molecule has 23 heavy (non-hydrogen) atoms. The summed E-state index contributed by atoms with van der Waals surface area (Å²) in [6, 6.07) is 15.1. The zero-order chi connectivity index (χ0) is 16.1. The molecule has 0 aliphatic rings. The van der Waals surface area contributed by atoms with Crippen molar-refractivity contribution in [3.05, 3.63) is 78.0 Å². The molecule has 1 aromatic carbocycles. The molecule has 2 N–H and O–H groups in total. The van der Waals surface area contributed by atoms with Gasteiger partial charge in [-0.15, -0.1) is 0 Å². The third-order valence-corrected chi connectivity index (χ3v) is 3.42. The van der Waals surface area contributed by atoms with E-state index in [1.54, 1.807) is 24.6 Å². The van der Waals surface area contributed by atoms with Crippen LogP contribution in [0.1, 0.15) is 21.8 Å². The third-order valence-electron chi connectivity index (χ3n) is 3.42. The van der Waals surface area contributed by atoms with E-state index < -0.39 is 0 Å². The normalized spacial score (nSPS) is 10.3. The number of anilines is 2. The lowest BCUT2D eigenvalue weighted by atomic mass is 10.2. The molecule has 2 aromatic heterocycles. The van der Waals surface area contributed by atoms with Gasteiger partial charge in [0, 0.05) is 5.69 Å². The van der Waals surface area contributed by atoms with Crippen molar-refractivity contribution >= 4 is 17.3 Å². The maximum absolute atomic E-state index is 12.0. The average Bonchev–Trinajstić information content (AvgIpc) is 3.09. The van der Waals surface area contributed by atoms with Crippen molar-refractivity contribution in [2.24, 2.45) is 0 Å². The molecule has 0 aliphatic heterocycles. The number of aryl methyl sites for hydroxylation is 1. The van der Waals surface area contributed by atoms with E-state index in [1.807, 2.05) is 43.3 Å². The number of hydrogen-bond acceptors (Lipinski definition) is 4. The summed E-state index contributed by atoms with van der Waals surface area (Å²) in [7, 11) is 0. The molecular formula is C18H17N3O2. The first-order valence-electron chi connectivity index (χ1n) is 7.31. The van der Waals surface area contributed by atoms with Gasteiger partial charge in [-0.3, -0.25) is 4.79 Å². The van der Waals surface area contributed by atoms with Gasteiger partial charge in [-0.25, -0.2) is 4.98 Å². The summed E-state index contributed by atoms with van der Waals surface area (Å²) in [4.78, 5) is 16.2. The lowest BCUT2D eigenvalue weighted by Crippen LogP contribution is -2.23. The van der Waals surface area contributed by atoms with Gasteiger partial charge in [0.15, 0.2) is 0 Å². The van der Waals surface area contributed by atoms with Gasteiger partial charge in [0.25, 0.3) is 5.91 Å². The van der Waals surface area contributed by atoms with Gasteiger partial charge in [0.1, 0.15) is 11.5 Å².